The molecular formula is C18H24N4O2. The van der Waals surface area contributed by atoms with E-state index in [0.29, 0.717) is 23.0 Å². The van der Waals surface area contributed by atoms with Gasteiger partial charge in [0.1, 0.15) is 0 Å². The summed E-state index contributed by atoms with van der Waals surface area (Å²) >= 11 is 0. The van der Waals surface area contributed by atoms with E-state index in [-0.39, 0.29) is 17.4 Å². The molecule has 1 amide bonds. The molecule has 1 aromatic carbocycles. The van der Waals surface area contributed by atoms with Crippen LogP contribution < -0.4 is 11.0 Å². The average molecular weight is 328 g/mol. The Morgan fingerprint density at radius 2 is 1.83 bits per heavy atom. The van der Waals surface area contributed by atoms with Crippen LogP contribution in [0, 0.1) is 5.92 Å². The summed E-state index contributed by atoms with van der Waals surface area (Å²) in [6.45, 7) is 6.26. The van der Waals surface area contributed by atoms with Gasteiger partial charge in [0.25, 0.3) is 11.5 Å². The van der Waals surface area contributed by atoms with E-state index in [2.05, 4.69) is 10.5 Å². The lowest BCUT2D eigenvalue weighted by Gasteiger charge is -2.26. The van der Waals surface area contributed by atoms with Gasteiger partial charge in [-0.15, -0.1) is 0 Å². The molecule has 0 unspecified atom stereocenters. The predicted octanol–water partition coefficient (Wildman–Crippen LogP) is 2.18. The largest absolute Gasteiger partial charge is 0.286 e. The number of benzene rings is 1. The minimum atomic E-state index is -0.245. The maximum Gasteiger partial charge on any atom is 0.286 e. The Morgan fingerprint density at radius 3 is 2.50 bits per heavy atom. The molecule has 1 aromatic heterocycles. The monoisotopic (exact) mass is 328 g/mol. The van der Waals surface area contributed by atoms with Crippen LogP contribution in [0.5, 0.6) is 0 Å². The van der Waals surface area contributed by atoms with E-state index in [9.17, 15) is 9.59 Å². The van der Waals surface area contributed by atoms with Crippen molar-refractivity contribution in [1.29, 1.82) is 0 Å². The first-order valence-corrected chi connectivity index (χ1v) is 8.62. The highest BCUT2D eigenvalue weighted by atomic mass is 16.2. The molecule has 2 heterocycles. The molecule has 0 atom stereocenters. The Hall–Kier alpha value is -2.21. The molecule has 6 heteroatoms. The summed E-state index contributed by atoms with van der Waals surface area (Å²) in [7, 11) is 0. The van der Waals surface area contributed by atoms with Crippen molar-refractivity contribution in [1.82, 2.24) is 20.2 Å². The van der Waals surface area contributed by atoms with Gasteiger partial charge < -0.3 is 0 Å². The number of nitrogens with zero attached hydrogens (tertiary/aromatic N) is 3. The predicted molar refractivity (Wildman–Crippen MR) is 93.7 cm³/mol. The van der Waals surface area contributed by atoms with Gasteiger partial charge >= 0.3 is 0 Å². The van der Waals surface area contributed by atoms with Crippen molar-refractivity contribution in [2.75, 3.05) is 13.1 Å². The molecule has 6 nitrogen and oxygen atoms in total. The molecule has 24 heavy (non-hydrogen) atoms. The van der Waals surface area contributed by atoms with Crippen LogP contribution in [0.25, 0.3) is 10.8 Å². The van der Waals surface area contributed by atoms with E-state index in [4.69, 9.17) is 0 Å². The van der Waals surface area contributed by atoms with Crippen LogP contribution in [0.15, 0.2) is 29.1 Å². The highest BCUT2D eigenvalue weighted by Crippen LogP contribution is 2.14. The number of piperidine rings is 1. The molecule has 1 aliphatic heterocycles. The molecule has 3 rings (SSSR count). The van der Waals surface area contributed by atoms with E-state index in [1.807, 2.05) is 31.0 Å². The maximum atomic E-state index is 12.7. The van der Waals surface area contributed by atoms with Crippen molar-refractivity contribution in [2.24, 2.45) is 5.92 Å². The molecule has 2 aromatic rings. The second-order valence-corrected chi connectivity index (χ2v) is 6.76. The Morgan fingerprint density at radius 1 is 1.17 bits per heavy atom. The lowest BCUT2D eigenvalue weighted by Crippen LogP contribution is -2.45. The second-order valence-electron chi connectivity index (χ2n) is 6.76. The summed E-state index contributed by atoms with van der Waals surface area (Å²) < 4.78 is 1.41. The molecule has 128 valence electrons. The maximum absolute atomic E-state index is 12.7. The first-order valence-electron chi connectivity index (χ1n) is 8.62. The fraction of sp³-hybridized carbons (Fsp3) is 0.500. The molecule has 1 N–H and O–H groups in total. The number of fused-ring (bicyclic) bond motifs is 1. The van der Waals surface area contributed by atoms with Crippen molar-refractivity contribution in [3.8, 4) is 0 Å². The zero-order chi connectivity index (χ0) is 17.1. The minimum absolute atomic E-state index is 0.145. The molecule has 0 radical (unpaired) electrons. The fourth-order valence-electron chi connectivity index (χ4n) is 3.07. The van der Waals surface area contributed by atoms with Gasteiger partial charge in [0.2, 0.25) is 0 Å². The molecule has 1 fully saturated rings. The lowest BCUT2D eigenvalue weighted by molar-refractivity contribution is 0.0744. The number of rotatable bonds is 4. The second kappa shape index (κ2) is 7.13. The normalized spacial score (nSPS) is 15.8. The molecule has 1 aliphatic rings. The Labute approximate surface area is 141 Å². The van der Waals surface area contributed by atoms with E-state index in [0.717, 1.165) is 25.9 Å². The van der Waals surface area contributed by atoms with Gasteiger partial charge in [0.05, 0.1) is 5.39 Å². The van der Waals surface area contributed by atoms with Gasteiger partial charge in [0.15, 0.2) is 5.69 Å². The third-order valence-corrected chi connectivity index (χ3v) is 4.24. The molecule has 0 saturated carbocycles. The van der Waals surface area contributed by atoms with Gasteiger partial charge in [-0.25, -0.2) is 9.69 Å². The molecule has 0 spiro atoms. The standard InChI is InChI=1S/C18H24N4O2/c1-13(2)12-22-18(24)15-9-5-4-8-14(15)16(19-22)17(23)20-21-10-6-3-7-11-21/h4-5,8-9,13H,3,6-7,10-12H2,1-2H3,(H,20,23). The Bertz CT molecular complexity index is 791. The topological polar surface area (TPSA) is 67.2 Å². The zero-order valence-corrected chi connectivity index (χ0v) is 14.3. The number of nitrogens with one attached hydrogen (secondary N) is 1. The van der Waals surface area contributed by atoms with Crippen molar-refractivity contribution in [2.45, 2.75) is 39.7 Å². The highest BCUT2D eigenvalue weighted by molar-refractivity contribution is 6.04. The number of carbonyl (C=O) groups is 1. The van der Waals surface area contributed by atoms with Crippen molar-refractivity contribution in [3.05, 3.63) is 40.3 Å². The van der Waals surface area contributed by atoms with Gasteiger partial charge in [-0.1, -0.05) is 38.5 Å². The van der Waals surface area contributed by atoms with Gasteiger partial charge in [-0.2, -0.15) is 5.10 Å². The number of carbonyl (C=O) groups excluding carboxylic acids is 1. The van der Waals surface area contributed by atoms with E-state index in [1.54, 1.807) is 12.1 Å². The van der Waals surface area contributed by atoms with E-state index < -0.39 is 0 Å². The quantitative estimate of drug-likeness (QED) is 0.934. The van der Waals surface area contributed by atoms with Crippen LogP contribution in [0.3, 0.4) is 0 Å². The zero-order valence-electron chi connectivity index (χ0n) is 14.3. The SMILES string of the molecule is CC(C)Cn1nc(C(=O)NN2CCCCC2)c2ccccc2c1=O. The number of hydrogen-bond acceptors (Lipinski definition) is 4. The molecule has 1 saturated heterocycles. The highest BCUT2D eigenvalue weighted by Gasteiger charge is 2.20. The first kappa shape index (κ1) is 16.6. The van der Waals surface area contributed by atoms with Crippen LogP contribution in [0.4, 0.5) is 0 Å². The van der Waals surface area contributed by atoms with Gasteiger partial charge in [-0.05, 0) is 24.8 Å². The summed E-state index contributed by atoms with van der Waals surface area (Å²) in [5.74, 6) is 0.0278. The van der Waals surface area contributed by atoms with Crippen molar-refractivity contribution in [3.63, 3.8) is 0 Å². The number of amides is 1. The van der Waals surface area contributed by atoms with Gasteiger partial charge in [-0.3, -0.25) is 15.0 Å². The summed E-state index contributed by atoms with van der Waals surface area (Å²) in [5.41, 5.74) is 3.12. The summed E-state index contributed by atoms with van der Waals surface area (Å²) in [6.07, 6.45) is 3.37. The third kappa shape index (κ3) is 3.48. The number of hydrazine groups is 1. The lowest BCUT2D eigenvalue weighted by atomic mass is 10.1. The van der Waals surface area contributed by atoms with Crippen molar-refractivity contribution >= 4 is 16.7 Å². The number of hydrogen-bond donors (Lipinski definition) is 1. The van der Waals surface area contributed by atoms with Crippen LogP contribution in [-0.2, 0) is 6.54 Å². The smallest absolute Gasteiger partial charge is 0.283 e. The molecular weight excluding hydrogens is 304 g/mol. The van der Waals surface area contributed by atoms with Gasteiger partial charge in [0, 0.05) is 25.0 Å². The van der Waals surface area contributed by atoms with E-state index in [1.165, 1.54) is 11.1 Å². The summed E-state index contributed by atoms with van der Waals surface area (Å²) in [6, 6.07) is 7.19. The summed E-state index contributed by atoms with van der Waals surface area (Å²) in [4.78, 5) is 25.3. The number of aromatic nitrogens is 2. The summed E-state index contributed by atoms with van der Waals surface area (Å²) in [5, 5.41) is 7.46. The third-order valence-electron chi connectivity index (χ3n) is 4.24. The first-order chi connectivity index (χ1) is 11.6. The average Bonchev–Trinajstić information content (AvgIpc) is 2.58. The Balaban J connectivity index is 2.00. The minimum Gasteiger partial charge on any atom is -0.283 e. The van der Waals surface area contributed by atoms with Crippen molar-refractivity contribution < 1.29 is 4.79 Å². The Kier molecular flexibility index (Phi) is 4.94. The fourth-order valence-corrected chi connectivity index (χ4v) is 3.07. The van der Waals surface area contributed by atoms with Crippen LogP contribution in [0.2, 0.25) is 0 Å². The van der Waals surface area contributed by atoms with Crippen LogP contribution in [-0.4, -0.2) is 33.8 Å². The van der Waals surface area contributed by atoms with Crippen LogP contribution >= 0.6 is 0 Å². The molecule has 0 bridgehead atoms. The van der Waals surface area contributed by atoms with Crippen LogP contribution in [0.1, 0.15) is 43.6 Å². The van der Waals surface area contributed by atoms with E-state index >= 15 is 0 Å². The molecule has 0 aliphatic carbocycles.